The van der Waals surface area contributed by atoms with E-state index in [1.54, 1.807) is 13.8 Å². The molecule has 29 heavy (non-hydrogen) atoms. The summed E-state index contributed by atoms with van der Waals surface area (Å²) in [5, 5.41) is 3.77. The summed E-state index contributed by atoms with van der Waals surface area (Å²) < 4.78 is 32.4. The van der Waals surface area contributed by atoms with E-state index < -0.39 is 10.0 Å². The quantitative estimate of drug-likeness (QED) is 0.732. The maximum atomic E-state index is 13.0. The van der Waals surface area contributed by atoms with E-state index >= 15 is 0 Å². The maximum Gasteiger partial charge on any atom is 0.248 e. The van der Waals surface area contributed by atoms with Crippen molar-refractivity contribution in [2.24, 2.45) is 5.92 Å². The molecule has 2 aliphatic heterocycles. The van der Waals surface area contributed by atoms with Crippen molar-refractivity contribution in [1.82, 2.24) is 19.3 Å². The second-order valence-corrected chi connectivity index (χ2v) is 10.5. The summed E-state index contributed by atoms with van der Waals surface area (Å²) in [7, 11) is -3.61. The van der Waals surface area contributed by atoms with Crippen LogP contribution in [0.2, 0.25) is 0 Å². The van der Waals surface area contributed by atoms with Crippen LogP contribution in [0.15, 0.2) is 9.42 Å². The Balaban J connectivity index is 1.35. The van der Waals surface area contributed by atoms with Crippen molar-refractivity contribution in [1.29, 1.82) is 0 Å². The first kappa shape index (κ1) is 20.8. The Morgan fingerprint density at radius 3 is 2.41 bits per heavy atom. The van der Waals surface area contributed by atoms with E-state index in [0.717, 1.165) is 19.4 Å². The van der Waals surface area contributed by atoms with Gasteiger partial charge in [0, 0.05) is 38.8 Å². The first-order valence-corrected chi connectivity index (χ1v) is 12.3. The minimum atomic E-state index is -3.61. The number of rotatable bonds is 4. The van der Waals surface area contributed by atoms with Gasteiger partial charge in [0.2, 0.25) is 15.9 Å². The van der Waals surface area contributed by atoms with Gasteiger partial charge in [0.25, 0.3) is 0 Å². The molecule has 3 aliphatic rings. The third kappa shape index (κ3) is 4.09. The molecule has 1 aliphatic carbocycles. The second kappa shape index (κ2) is 8.35. The highest BCUT2D eigenvalue weighted by atomic mass is 32.2. The van der Waals surface area contributed by atoms with E-state index in [-0.39, 0.29) is 10.8 Å². The molecule has 162 valence electrons. The topological polar surface area (TPSA) is 87.0 Å². The van der Waals surface area contributed by atoms with Crippen molar-refractivity contribution in [3.8, 4) is 0 Å². The Labute approximate surface area is 173 Å². The van der Waals surface area contributed by atoms with E-state index in [9.17, 15) is 13.2 Å². The molecule has 3 heterocycles. The number of aromatic nitrogens is 1. The number of amides is 1. The molecule has 2 atom stereocenters. The first-order chi connectivity index (χ1) is 13.9. The zero-order valence-corrected chi connectivity index (χ0v) is 18.3. The summed E-state index contributed by atoms with van der Waals surface area (Å²) in [6.45, 7) is 6.43. The van der Waals surface area contributed by atoms with Gasteiger partial charge in [-0.3, -0.25) is 9.69 Å². The molecule has 0 N–H and O–H groups in total. The van der Waals surface area contributed by atoms with Crippen LogP contribution in [0.4, 0.5) is 0 Å². The lowest BCUT2D eigenvalue weighted by Gasteiger charge is -2.45. The fraction of sp³-hybridized carbons (Fsp3) is 0.800. The van der Waals surface area contributed by atoms with Gasteiger partial charge < -0.3 is 9.42 Å². The van der Waals surface area contributed by atoms with Crippen LogP contribution >= 0.6 is 0 Å². The highest BCUT2D eigenvalue weighted by molar-refractivity contribution is 7.89. The molecule has 4 rings (SSSR count). The Hall–Kier alpha value is -1.45. The predicted molar refractivity (Wildman–Crippen MR) is 108 cm³/mol. The Bertz CT molecular complexity index is 823. The molecule has 0 radical (unpaired) electrons. The van der Waals surface area contributed by atoms with Gasteiger partial charge in [0.1, 0.15) is 10.6 Å². The number of sulfonamides is 1. The van der Waals surface area contributed by atoms with E-state index in [1.807, 2.05) is 0 Å². The molecule has 2 unspecified atom stereocenters. The van der Waals surface area contributed by atoms with Gasteiger partial charge in [-0.15, -0.1) is 0 Å². The largest absolute Gasteiger partial charge is 0.360 e. The number of hydrogen-bond donors (Lipinski definition) is 0. The minimum absolute atomic E-state index is 0.179. The molecular weight excluding hydrogens is 392 g/mol. The Morgan fingerprint density at radius 2 is 1.72 bits per heavy atom. The highest BCUT2D eigenvalue weighted by Crippen LogP contribution is 2.35. The van der Waals surface area contributed by atoms with Crippen LogP contribution in [0.3, 0.4) is 0 Å². The molecular formula is C20H32N4O4S. The Morgan fingerprint density at radius 1 is 1.03 bits per heavy atom. The van der Waals surface area contributed by atoms with E-state index in [0.29, 0.717) is 56.1 Å². The molecule has 1 aromatic rings. The van der Waals surface area contributed by atoms with Gasteiger partial charge >= 0.3 is 0 Å². The molecule has 1 amide bonds. The van der Waals surface area contributed by atoms with Crippen molar-refractivity contribution in [2.75, 3.05) is 39.3 Å². The molecule has 8 nitrogen and oxygen atoms in total. The van der Waals surface area contributed by atoms with Crippen LogP contribution in [0.5, 0.6) is 0 Å². The van der Waals surface area contributed by atoms with Crippen molar-refractivity contribution >= 4 is 15.9 Å². The van der Waals surface area contributed by atoms with E-state index in [2.05, 4.69) is 15.0 Å². The maximum absolute atomic E-state index is 13.0. The van der Waals surface area contributed by atoms with Crippen molar-refractivity contribution in [3.63, 3.8) is 0 Å². The summed E-state index contributed by atoms with van der Waals surface area (Å²) in [4.78, 5) is 17.4. The molecule has 9 heteroatoms. The first-order valence-electron chi connectivity index (χ1n) is 10.8. The van der Waals surface area contributed by atoms with Gasteiger partial charge in [0.15, 0.2) is 5.76 Å². The number of hydrogen-bond acceptors (Lipinski definition) is 6. The summed E-state index contributed by atoms with van der Waals surface area (Å²) >= 11 is 0. The fourth-order valence-electron chi connectivity index (χ4n) is 5.32. The second-order valence-electron chi connectivity index (χ2n) is 8.67. The fourth-order valence-corrected chi connectivity index (χ4v) is 7.03. The molecule has 0 aromatic carbocycles. The molecule has 0 bridgehead atoms. The van der Waals surface area contributed by atoms with Gasteiger partial charge in [-0.05, 0) is 45.4 Å². The zero-order valence-electron chi connectivity index (χ0n) is 17.5. The molecule has 0 spiro atoms. The lowest BCUT2D eigenvalue weighted by Crippen LogP contribution is -2.55. The Kier molecular flexibility index (Phi) is 5.99. The number of piperidine rings is 1. The third-order valence-electron chi connectivity index (χ3n) is 6.82. The number of carbonyl (C=O) groups is 1. The van der Waals surface area contributed by atoms with Gasteiger partial charge in [-0.2, -0.15) is 4.31 Å². The van der Waals surface area contributed by atoms with Crippen LogP contribution in [0.25, 0.3) is 0 Å². The number of likely N-dealkylation sites (tertiary alicyclic amines) is 1. The van der Waals surface area contributed by atoms with Gasteiger partial charge in [0.05, 0.1) is 6.54 Å². The summed E-state index contributed by atoms with van der Waals surface area (Å²) in [6.07, 6.45) is 7.28. The van der Waals surface area contributed by atoms with Crippen molar-refractivity contribution < 1.29 is 17.7 Å². The average molecular weight is 425 g/mol. The van der Waals surface area contributed by atoms with Gasteiger partial charge in [-0.25, -0.2) is 8.42 Å². The van der Waals surface area contributed by atoms with E-state index in [4.69, 9.17) is 4.52 Å². The lowest BCUT2D eigenvalue weighted by atomic mass is 9.78. The number of nitrogens with zero attached hydrogens (tertiary/aromatic N) is 4. The SMILES string of the molecule is Cc1noc(C)c1S(=O)(=O)N1CCN(CC(=O)N2CCCC3CCCCC32)CC1. The zero-order chi connectivity index (χ0) is 20.6. The smallest absolute Gasteiger partial charge is 0.248 e. The molecule has 1 saturated carbocycles. The number of aryl methyl sites for hydroxylation is 2. The normalized spacial score (nSPS) is 27.0. The summed E-state index contributed by atoms with van der Waals surface area (Å²) in [5.41, 5.74) is 0.396. The van der Waals surface area contributed by atoms with Crippen LogP contribution in [-0.2, 0) is 14.8 Å². The van der Waals surface area contributed by atoms with Gasteiger partial charge in [-0.1, -0.05) is 18.0 Å². The summed E-state index contributed by atoms with van der Waals surface area (Å²) in [5.74, 6) is 1.22. The molecule has 1 aromatic heterocycles. The number of fused-ring (bicyclic) bond motifs is 1. The number of piperazine rings is 1. The lowest BCUT2D eigenvalue weighted by molar-refractivity contribution is -0.139. The van der Waals surface area contributed by atoms with Crippen LogP contribution in [-0.4, -0.2) is 78.9 Å². The van der Waals surface area contributed by atoms with Crippen molar-refractivity contribution in [2.45, 2.75) is 63.3 Å². The van der Waals surface area contributed by atoms with E-state index in [1.165, 1.54) is 30.0 Å². The standard InChI is InChI=1S/C20H32N4O4S/c1-15-20(16(2)28-21-15)29(26,27)23-12-10-22(11-13-23)14-19(25)24-9-5-7-17-6-3-4-8-18(17)24/h17-18H,3-14H2,1-2H3. The summed E-state index contributed by atoms with van der Waals surface area (Å²) in [6, 6.07) is 0.422. The molecule has 3 fully saturated rings. The average Bonchev–Trinajstić information content (AvgIpc) is 3.06. The predicted octanol–water partition coefficient (Wildman–Crippen LogP) is 1.78. The highest BCUT2D eigenvalue weighted by Gasteiger charge is 2.37. The number of carbonyl (C=O) groups excluding carboxylic acids is 1. The van der Waals surface area contributed by atoms with Crippen LogP contribution in [0, 0.1) is 19.8 Å². The third-order valence-corrected chi connectivity index (χ3v) is 8.96. The van der Waals surface area contributed by atoms with Crippen LogP contribution in [0.1, 0.15) is 50.0 Å². The minimum Gasteiger partial charge on any atom is -0.360 e. The van der Waals surface area contributed by atoms with Crippen molar-refractivity contribution in [3.05, 3.63) is 11.5 Å². The van der Waals surface area contributed by atoms with Crippen LogP contribution < -0.4 is 0 Å². The monoisotopic (exact) mass is 424 g/mol. The molecule has 2 saturated heterocycles.